The van der Waals surface area contributed by atoms with E-state index in [9.17, 15) is 9.59 Å². The first-order chi connectivity index (χ1) is 11.2. The second kappa shape index (κ2) is 6.78. The molecular weight excluding hydrogens is 296 g/mol. The molecule has 0 atom stereocenters. The minimum absolute atomic E-state index is 0.0558. The van der Waals surface area contributed by atoms with E-state index in [-0.39, 0.29) is 11.5 Å². The molecule has 3 heterocycles. The van der Waals surface area contributed by atoms with E-state index in [4.69, 9.17) is 4.42 Å². The predicted octanol–water partition coefficient (Wildman–Crippen LogP) is 0.531. The minimum Gasteiger partial charge on any atom is -0.467 e. The van der Waals surface area contributed by atoms with E-state index >= 15 is 0 Å². The molecule has 0 bridgehead atoms. The van der Waals surface area contributed by atoms with Gasteiger partial charge in [-0.25, -0.2) is 4.68 Å². The van der Waals surface area contributed by atoms with Crippen molar-refractivity contribution in [2.24, 2.45) is 0 Å². The molecule has 0 fully saturated rings. The number of furan rings is 1. The van der Waals surface area contributed by atoms with Crippen LogP contribution in [0.5, 0.6) is 0 Å². The summed E-state index contributed by atoms with van der Waals surface area (Å²) in [4.78, 5) is 25.9. The zero-order chi connectivity index (χ0) is 16.2. The summed E-state index contributed by atoms with van der Waals surface area (Å²) in [6.45, 7) is 4.51. The third kappa shape index (κ3) is 3.68. The number of nitrogens with zero attached hydrogens (tertiary/aromatic N) is 3. The van der Waals surface area contributed by atoms with Crippen molar-refractivity contribution in [3.8, 4) is 0 Å². The first kappa shape index (κ1) is 15.5. The molecule has 7 heteroatoms. The maximum absolute atomic E-state index is 12.0. The molecule has 2 aromatic rings. The zero-order valence-corrected chi connectivity index (χ0v) is 13.1. The second-order valence-corrected chi connectivity index (χ2v) is 5.59. The quantitative estimate of drug-likeness (QED) is 0.870. The van der Waals surface area contributed by atoms with Crippen molar-refractivity contribution in [3.63, 3.8) is 0 Å². The third-order valence-corrected chi connectivity index (χ3v) is 3.93. The molecule has 0 aliphatic carbocycles. The van der Waals surface area contributed by atoms with Gasteiger partial charge in [-0.3, -0.25) is 14.5 Å². The molecule has 1 aliphatic heterocycles. The average molecular weight is 316 g/mol. The number of nitrogens with one attached hydrogen (secondary N) is 1. The van der Waals surface area contributed by atoms with Crippen molar-refractivity contribution in [2.75, 3.05) is 13.1 Å². The molecule has 0 spiro atoms. The molecule has 3 rings (SSSR count). The Morgan fingerprint density at radius 3 is 3.09 bits per heavy atom. The van der Waals surface area contributed by atoms with Gasteiger partial charge in [0.05, 0.1) is 25.0 Å². The van der Waals surface area contributed by atoms with Crippen LogP contribution < -0.4 is 10.9 Å². The number of rotatable bonds is 5. The van der Waals surface area contributed by atoms with Crippen LogP contribution in [0.3, 0.4) is 0 Å². The van der Waals surface area contributed by atoms with Crippen LogP contribution in [0, 0.1) is 0 Å². The van der Waals surface area contributed by atoms with Crippen molar-refractivity contribution in [3.05, 3.63) is 51.8 Å². The number of carbonyl (C=O) groups excluding carboxylic acids is 1. The van der Waals surface area contributed by atoms with E-state index in [0.717, 1.165) is 30.0 Å². The lowest BCUT2D eigenvalue weighted by molar-refractivity contribution is -0.122. The topological polar surface area (TPSA) is 80.4 Å². The highest BCUT2D eigenvalue weighted by atomic mass is 16.3. The molecule has 23 heavy (non-hydrogen) atoms. The Morgan fingerprint density at radius 1 is 1.48 bits per heavy atom. The molecular formula is C16H20N4O3. The number of fused-ring (bicyclic) bond motifs is 1. The van der Waals surface area contributed by atoms with E-state index in [2.05, 4.69) is 10.4 Å². The van der Waals surface area contributed by atoms with Gasteiger partial charge >= 0.3 is 0 Å². The van der Waals surface area contributed by atoms with Crippen LogP contribution in [0.15, 0.2) is 33.7 Å². The zero-order valence-electron chi connectivity index (χ0n) is 13.1. The van der Waals surface area contributed by atoms with Gasteiger partial charge in [0.2, 0.25) is 5.91 Å². The second-order valence-electron chi connectivity index (χ2n) is 5.59. The maximum Gasteiger partial charge on any atom is 0.267 e. The fourth-order valence-corrected chi connectivity index (χ4v) is 2.72. The number of aryl methyl sites for hydroxylation is 1. The van der Waals surface area contributed by atoms with Gasteiger partial charge in [-0.1, -0.05) is 0 Å². The highest BCUT2D eigenvalue weighted by Gasteiger charge is 2.20. The van der Waals surface area contributed by atoms with Crippen molar-refractivity contribution in [1.29, 1.82) is 0 Å². The lowest BCUT2D eigenvalue weighted by Gasteiger charge is -2.27. The first-order valence-corrected chi connectivity index (χ1v) is 7.77. The summed E-state index contributed by atoms with van der Waals surface area (Å²) in [6, 6.07) is 5.25. The molecule has 2 aromatic heterocycles. The van der Waals surface area contributed by atoms with E-state index in [1.54, 1.807) is 18.4 Å². The number of amides is 1. The Hall–Kier alpha value is -2.41. The summed E-state index contributed by atoms with van der Waals surface area (Å²) in [6.07, 6.45) is 2.33. The number of hydrogen-bond donors (Lipinski definition) is 1. The maximum atomic E-state index is 12.0. The van der Waals surface area contributed by atoms with Gasteiger partial charge in [0.1, 0.15) is 5.76 Å². The van der Waals surface area contributed by atoms with Gasteiger partial charge in [-0.2, -0.15) is 5.10 Å². The Bertz CT molecular complexity index is 736. The van der Waals surface area contributed by atoms with Gasteiger partial charge in [0, 0.05) is 32.1 Å². The lowest BCUT2D eigenvalue weighted by atomic mass is 10.1. The smallest absolute Gasteiger partial charge is 0.267 e. The molecule has 0 saturated carbocycles. The van der Waals surface area contributed by atoms with E-state index in [1.807, 2.05) is 17.9 Å². The van der Waals surface area contributed by atoms with Gasteiger partial charge in [0.25, 0.3) is 5.56 Å². The highest BCUT2D eigenvalue weighted by Crippen LogP contribution is 2.14. The van der Waals surface area contributed by atoms with Crippen LogP contribution in [0.4, 0.5) is 0 Å². The van der Waals surface area contributed by atoms with Crippen molar-refractivity contribution in [1.82, 2.24) is 20.0 Å². The lowest BCUT2D eigenvalue weighted by Crippen LogP contribution is -2.41. The summed E-state index contributed by atoms with van der Waals surface area (Å²) in [5.74, 6) is 0.673. The summed E-state index contributed by atoms with van der Waals surface area (Å²) in [7, 11) is 0. The average Bonchev–Trinajstić information content (AvgIpc) is 3.05. The Kier molecular flexibility index (Phi) is 4.57. The Morgan fingerprint density at radius 2 is 2.35 bits per heavy atom. The van der Waals surface area contributed by atoms with E-state index < -0.39 is 0 Å². The third-order valence-electron chi connectivity index (χ3n) is 3.93. The normalized spacial score (nSPS) is 14.5. The van der Waals surface area contributed by atoms with Crippen LogP contribution in [0.1, 0.15) is 23.9 Å². The number of hydrogen-bond acceptors (Lipinski definition) is 5. The predicted molar refractivity (Wildman–Crippen MR) is 83.7 cm³/mol. The van der Waals surface area contributed by atoms with Crippen molar-refractivity contribution in [2.45, 2.75) is 33.0 Å². The summed E-state index contributed by atoms with van der Waals surface area (Å²) in [5, 5.41) is 7.21. The fourth-order valence-electron chi connectivity index (χ4n) is 2.72. The number of carbonyl (C=O) groups is 1. The Balaban J connectivity index is 1.57. The molecule has 7 nitrogen and oxygen atoms in total. The van der Waals surface area contributed by atoms with Gasteiger partial charge in [-0.15, -0.1) is 0 Å². The van der Waals surface area contributed by atoms with Crippen LogP contribution in [0.2, 0.25) is 0 Å². The van der Waals surface area contributed by atoms with Crippen LogP contribution >= 0.6 is 0 Å². The summed E-state index contributed by atoms with van der Waals surface area (Å²) >= 11 is 0. The fraction of sp³-hybridized carbons (Fsp3) is 0.438. The van der Waals surface area contributed by atoms with E-state index in [0.29, 0.717) is 26.2 Å². The first-order valence-electron chi connectivity index (χ1n) is 7.77. The highest BCUT2D eigenvalue weighted by molar-refractivity contribution is 5.77. The van der Waals surface area contributed by atoms with Gasteiger partial charge in [-0.05, 0) is 24.6 Å². The van der Waals surface area contributed by atoms with Gasteiger partial charge in [0.15, 0.2) is 0 Å². The monoisotopic (exact) mass is 316 g/mol. The van der Waals surface area contributed by atoms with E-state index in [1.165, 1.54) is 4.68 Å². The summed E-state index contributed by atoms with van der Waals surface area (Å²) < 4.78 is 6.66. The standard InChI is InChI=1S/C16H20N4O3/c1-2-20-16(22)8-12-10-19(6-5-14(12)18-20)11-15(21)17-9-13-4-3-7-23-13/h3-4,7-8H,2,5-6,9-11H2,1H3,(H,17,21). The molecule has 0 aromatic carbocycles. The summed E-state index contributed by atoms with van der Waals surface area (Å²) in [5.41, 5.74) is 1.79. The van der Waals surface area contributed by atoms with Gasteiger partial charge < -0.3 is 9.73 Å². The molecule has 0 radical (unpaired) electrons. The number of aromatic nitrogens is 2. The molecule has 1 N–H and O–H groups in total. The molecule has 0 saturated heterocycles. The van der Waals surface area contributed by atoms with Crippen molar-refractivity contribution < 1.29 is 9.21 Å². The minimum atomic E-state index is -0.0876. The van der Waals surface area contributed by atoms with Crippen LogP contribution in [-0.2, 0) is 30.8 Å². The SMILES string of the molecule is CCn1nc2c(cc1=O)CN(CC(=O)NCc1ccco1)CC2. The molecule has 1 amide bonds. The van der Waals surface area contributed by atoms with Crippen LogP contribution in [0.25, 0.3) is 0 Å². The molecule has 1 aliphatic rings. The Labute approximate surface area is 133 Å². The molecule has 0 unspecified atom stereocenters. The van der Waals surface area contributed by atoms with Crippen molar-refractivity contribution >= 4 is 5.91 Å². The van der Waals surface area contributed by atoms with Crippen LogP contribution in [-0.4, -0.2) is 33.7 Å². The molecule has 122 valence electrons. The largest absolute Gasteiger partial charge is 0.467 e.